The third-order valence-electron chi connectivity index (χ3n) is 8.12. The van der Waals surface area contributed by atoms with Crippen molar-refractivity contribution in [2.24, 2.45) is 0 Å². The summed E-state index contributed by atoms with van der Waals surface area (Å²) in [7, 11) is 1.54. The molecule has 15 heteroatoms. The molecule has 53 heavy (non-hydrogen) atoms. The summed E-state index contributed by atoms with van der Waals surface area (Å²) in [5.74, 6) is -4.84. The van der Waals surface area contributed by atoms with Gasteiger partial charge in [0.05, 0.1) is 7.11 Å². The van der Waals surface area contributed by atoms with Gasteiger partial charge in [0.15, 0.2) is 35.0 Å². The standard InChI is InChI=1S/C38H30N4O11/c1-19-28-17-25(52-22-6-4-3-5-7-22)13-15-27(28)34(44)32(40-19)36(46)42-30(38(49)50)29(37(47)48)41-35(45)31-33(43)26-14-12-24(16-20(26)18-39-31)53-23-10-8-21(51-2)9-11-23/h3-18,29-30,43-44H,1-2H3,(H,41,45)(H,42,46)(H,47,48)(H,49,50). The maximum absolute atomic E-state index is 13.3. The zero-order chi connectivity index (χ0) is 37.8. The van der Waals surface area contributed by atoms with Gasteiger partial charge in [0.2, 0.25) is 0 Å². The molecule has 6 aromatic rings. The number of aliphatic carboxylic acids is 2. The number of rotatable bonds is 12. The van der Waals surface area contributed by atoms with E-state index in [0.29, 0.717) is 39.5 Å². The molecular formula is C38H30N4O11. The van der Waals surface area contributed by atoms with Crippen molar-refractivity contribution in [2.45, 2.75) is 19.0 Å². The van der Waals surface area contributed by atoms with Crippen LogP contribution in [0.25, 0.3) is 21.5 Å². The smallest absolute Gasteiger partial charge is 0.329 e. The van der Waals surface area contributed by atoms with Crippen molar-refractivity contribution in [1.82, 2.24) is 20.6 Å². The van der Waals surface area contributed by atoms with Gasteiger partial charge in [0.1, 0.15) is 28.7 Å². The number of hydrogen-bond acceptors (Lipinski definition) is 11. The molecule has 2 atom stereocenters. The number of aromatic nitrogens is 2. The number of benzene rings is 4. The summed E-state index contributed by atoms with van der Waals surface area (Å²) in [5.41, 5.74) is -0.922. The van der Waals surface area contributed by atoms with Gasteiger partial charge in [-0.1, -0.05) is 18.2 Å². The lowest BCUT2D eigenvalue weighted by Gasteiger charge is -2.23. The molecule has 6 N–H and O–H groups in total. The monoisotopic (exact) mass is 718 g/mol. The molecule has 15 nitrogen and oxygen atoms in total. The van der Waals surface area contributed by atoms with Crippen LogP contribution in [0.15, 0.2) is 97.2 Å². The Labute approximate surface area is 300 Å². The van der Waals surface area contributed by atoms with Gasteiger partial charge in [-0.05, 0) is 79.7 Å². The SMILES string of the molecule is COc1ccc(Oc2ccc3c(O)c(C(=O)NC(C(=O)O)C(NC(=O)c4nc(C)c5cc(Oc6ccccc6)ccc5c4O)C(=O)O)ncc3c2)cc1. The number of carboxylic acid groups (broad SMARTS) is 2. The fourth-order valence-corrected chi connectivity index (χ4v) is 5.47. The van der Waals surface area contributed by atoms with Crippen molar-refractivity contribution in [1.29, 1.82) is 0 Å². The maximum Gasteiger partial charge on any atom is 0.329 e. The van der Waals surface area contributed by atoms with Gasteiger partial charge >= 0.3 is 11.9 Å². The second-order valence-electron chi connectivity index (χ2n) is 11.6. The number of pyridine rings is 2. The van der Waals surface area contributed by atoms with E-state index in [1.54, 1.807) is 73.7 Å². The number of aromatic hydroxyl groups is 2. The second kappa shape index (κ2) is 14.8. The van der Waals surface area contributed by atoms with Crippen molar-refractivity contribution in [2.75, 3.05) is 7.11 Å². The minimum Gasteiger partial charge on any atom is -0.505 e. The Bertz CT molecular complexity index is 2390. The molecule has 2 heterocycles. The lowest BCUT2D eigenvalue weighted by molar-refractivity contribution is -0.147. The first-order valence-corrected chi connectivity index (χ1v) is 15.8. The number of aryl methyl sites for hydroxylation is 1. The largest absolute Gasteiger partial charge is 0.505 e. The molecule has 4 aromatic carbocycles. The maximum atomic E-state index is 13.3. The Morgan fingerprint density at radius 2 is 1.13 bits per heavy atom. The number of hydrogen-bond donors (Lipinski definition) is 6. The predicted molar refractivity (Wildman–Crippen MR) is 189 cm³/mol. The van der Waals surface area contributed by atoms with Gasteiger partial charge in [0.25, 0.3) is 11.8 Å². The average molecular weight is 719 g/mol. The predicted octanol–water partition coefficient (Wildman–Crippen LogP) is 5.16. The van der Waals surface area contributed by atoms with E-state index in [1.807, 2.05) is 16.7 Å². The molecule has 2 unspecified atom stereocenters. The summed E-state index contributed by atoms with van der Waals surface area (Å²) in [6.45, 7) is 1.55. The normalized spacial score (nSPS) is 12.0. The number of amides is 2. The van der Waals surface area contributed by atoms with E-state index in [0.717, 1.165) is 0 Å². The van der Waals surface area contributed by atoms with E-state index in [4.69, 9.17) is 14.2 Å². The van der Waals surface area contributed by atoms with Gasteiger partial charge < -0.3 is 45.3 Å². The second-order valence-corrected chi connectivity index (χ2v) is 11.6. The van der Waals surface area contributed by atoms with Gasteiger partial charge in [-0.3, -0.25) is 9.59 Å². The lowest BCUT2D eigenvalue weighted by Crippen LogP contribution is -2.59. The highest BCUT2D eigenvalue weighted by atomic mass is 16.5. The van der Waals surface area contributed by atoms with Crippen LogP contribution in [-0.2, 0) is 9.59 Å². The van der Waals surface area contributed by atoms with Crippen molar-refractivity contribution in [3.8, 4) is 40.2 Å². The van der Waals surface area contributed by atoms with E-state index in [9.17, 15) is 39.6 Å². The number of carbonyl (C=O) groups is 4. The van der Waals surface area contributed by atoms with Gasteiger partial charge in [-0.2, -0.15) is 0 Å². The van der Waals surface area contributed by atoms with Crippen LogP contribution < -0.4 is 24.8 Å². The molecular weight excluding hydrogens is 688 g/mol. The summed E-state index contributed by atoms with van der Waals surface area (Å²) in [6.07, 6.45) is 1.24. The number of para-hydroxylation sites is 1. The van der Waals surface area contributed by atoms with E-state index in [2.05, 4.69) is 9.97 Å². The van der Waals surface area contributed by atoms with Gasteiger partial charge in [-0.15, -0.1) is 0 Å². The first-order valence-electron chi connectivity index (χ1n) is 15.8. The van der Waals surface area contributed by atoms with Crippen LogP contribution in [0, 0.1) is 6.92 Å². The highest BCUT2D eigenvalue weighted by Gasteiger charge is 2.38. The third-order valence-corrected chi connectivity index (χ3v) is 8.12. The first kappa shape index (κ1) is 35.4. The molecule has 0 saturated carbocycles. The van der Waals surface area contributed by atoms with E-state index in [1.165, 1.54) is 31.5 Å². The minimum atomic E-state index is -2.26. The zero-order valence-electron chi connectivity index (χ0n) is 27.9. The van der Waals surface area contributed by atoms with Crippen molar-refractivity contribution in [3.05, 3.63) is 114 Å². The Hall–Kier alpha value is -7.42. The number of ether oxygens (including phenoxy) is 3. The average Bonchev–Trinajstić information content (AvgIpc) is 3.15. The summed E-state index contributed by atoms with van der Waals surface area (Å²) in [4.78, 5) is 59.3. The molecule has 0 radical (unpaired) electrons. The van der Waals surface area contributed by atoms with Crippen molar-refractivity contribution < 1.29 is 53.8 Å². The quantitative estimate of drug-likeness (QED) is 0.0962. The van der Waals surface area contributed by atoms with Crippen LogP contribution in [0.5, 0.6) is 40.2 Å². The number of nitrogens with one attached hydrogen (secondary N) is 2. The van der Waals surface area contributed by atoms with Gasteiger partial charge in [0, 0.05) is 33.4 Å². The molecule has 2 aromatic heterocycles. The van der Waals surface area contributed by atoms with E-state index >= 15 is 0 Å². The molecule has 6 rings (SSSR count). The molecule has 0 spiro atoms. The Morgan fingerprint density at radius 1 is 0.623 bits per heavy atom. The lowest BCUT2D eigenvalue weighted by atomic mass is 10.0. The molecule has 0 fully saturated rings. The van der Waals surface area contributed by atoms with Crippen molar-refractivity contribution in [3.63, 3.8) is 0 Å². The third kappa shape index (κ3) is 7.53. The number of fused-ring (bicyclic) bond motifs is 2. The van der Waals surface area contributed by atoms with Crippen LogP contribution in [-0.4, -0.2) is 73.3 Å². The summed E-state index contributed by atoms with van der Waals surface area (Å²) in [6, 6.07) is 20.4. The molecule has 0 bridgehead atoms. The molecule has 2 amide bonds. The molecule has 0 saturated heterocycles. The highest BCUT2D eigenvalue weighted by Crippen LogP contribution is 2.34. The van der Waals surface area contributed by atoms with Gasteiger partial charge in [-0.25, -0.2) is 19.6 Å². The Kier molecular flexibility index (Phi) is 9.90. The topological polar surface area (TPSA) is 227 Å². The fourth-order valence-electron chi connectivity index (χ4n) is 5.47. The summed E-state index contributed by atoms with van der Waals surface area (Å²) >= 11 is 0. The van der Waals surface area contributed by atoms with E-state index < -0.39 is 58.7 Å². The van der Waals surface area contributed by atoms with Crippen molar-refractivity contribution >= 4 is 45.3 Å². The molecule has 268 valence electrons. The van der Waals surface area contributed by atoms with Crippen LogP contribution in [0.2, 0.25) is 0 Å². The van der Waals surface area contributed by atoms with Crippen LogP contribution in [0.1, 0.15) is 26.7 Å². The fraction of sp³-hybridized carbons (Fsp3) is 0.105. The minimum absolute atomic E-state index is 0.161. The Balaban J connectivity index is 1.20. The molecule has 0 aliphatic heterocycles. The zero-order valence-corrected chi connectivity index (χ0v) is 27.9. The number of carbonyl (C=O) groups excluding carboxylic acids is 2. The molecule has 0 aliphatic rings. The summed E-state index contributed by atoms with van der Waals surface area (Å²) < 4.78 is 16.8. The Morgan fingerprint density at radius 3 is 1.74 bits per heavy atom. The summed E-state index contributed by atoms with van der Waals surface area (Å²) in [5, 5.41) is 47.1. The number of nitrogens with zero attached hydrogens (tertiary/aromatic N) is 2. The van der Waals surface area contributed by atoms with Crippen LogP contribution in [0.3, 0.4) is 0 Å². The van der Waals surface area contributed by atoms with E-state index in [-0.39, 0.29) is 16.5 Å². The number of methoxy groups -OCH3 is 1. The highest BCUT2D eigenvalue weighted by molar-refractivity contribution is 6.06. The number of carboxylic acids is 2. The molecule has 0 aliphatic carbocycles. The van der Waals surface area contributed by atoms with Crippen LogP contribution >= 0.6 is 0 Å². The van der Waals surface area contributed by atoms with Crippen LogP contribution in [0.4, 0.5) is 0 Å². The first-order chi connectivity index (χ1) is 25.4.